The molecule has 0 N–H and O–H groups in total. The van der Waals surface area contributed by atoms with E-state index in [-0.39, 0.29) is 5.15 Å². The molecule has 156 valence electrons. The smallest absolute Gasteiger partial charge is 0.265 e. The molecule has 2 heterocycles. The molecule has 0 saturated carbocycles. The van der Waals surface area contributed by atoms with Crippen molar-refractivity contribution in [3.8, 4) is 22.4 Å². The second-order valence-electron chi connectivity index (χ2n) is 6.95. The van der Waals surface area contributed by atoms with E-state index in [9.17, 15) is 13.2 Å². The zero-order valence-corrected chi connectivity index (χ0v) is 17.0. The molecular formula is C24H17ClF3N3. The van der Waals surface area contributed by atoms with Crippen molar-refractivity contribution >= 4 is 11.6 Å². The molecule has 2 aromatic heterocycles. The van der Waals surface area contributed by atoms with Gasteiger partial charge >= 0.3 is 6.18 Å². The number of rotatable bonds is 5. The van der Waals surface area contributed by atoms with Crippen LogP contribution in [0, 0.1) is 0 Å². The van der Waals surface area contributed by atoms with Gasteiger partial charge in [-0.1, -0.05) is 54.1 Å². The van der Waals surface area contributed by atoms with Crippen LogP contribution in [0.15, 0.2) is 79.1 Å². The Morgan fingerprint density at radius 1 is 0.774 bits per heavy atom. The summed E-state index contributed by atoms with van der Waals surface area (Å²) in [5.74, 6) is 0.524. The monoisotopic (exact) mass is 439 g/mol. The largest absolute Gasteiger partial charge is 0.416 e. The Morgan fingerprint density at radius 2 is 1.52 bits per heavy atom. The van der Waals surface area contributed by atoms with Gasteiger partial charge in [0, 0.05) is 29.9 Å². The minimum absolute atomic E-state index is 0.115. The highest BCUT2D eigenvalue weighted by molar-refractivity contribution is 6.32. The summed E-state index contributed by atoms with van der Waals surface area (Å²) < 4.78 is 39.8. The third-order valence-corrected chi connectivity index (χ3v) is 5.10. The van der Waals surface area contributed by atoms with Crippen LogP contribution in [0.3, 0.4) is 0 Å². The summed E-state index contributed by atoms with van der Waals surface area (Å²) in [7, 11) is 0. The second-order valence-corrected chi connectivity index (χ2v) is 7.31. The standard InChI is InChI=1S/C24H17ClF3N3/c25-23-21(18-7-4-8-19(15-18)24(26,27)28)22(17-11-13-29-14-12-17)30-20(31-23)10-9-16-5-2-1-3-6-16/h1-8,11-15H,9-10H2. The molecule has 0 saturated heterocycles. The van der Waals surface area contributed by atoms with E-state index in [0.717, 1.165) is 24.1 Å². The number of halogens is 4. The van der Waals surface area contributed by atoms with Crippen LogP contribution in [0.2, 0.25) is 5.15 Å². The number of nitrogens with zero attached hydrogens (tertiary/aromatic N) is 3. The lowest BCUT2D eigenvalue weighted by Gasteiger charge is -2.15. The van der Waals surface area contributed by atoms with Gasteiger partial charge in [0.2, 0.25) is 0 Å². The van der Waals surface area contributed by atoms with Gasteiger partial charge in [0.05, 0.1) is 11.3 Å². The third-order valence-electron chi connectivity index (χ3n) is 4.82. The van der Waals surface area contributed by atoms with Crippen LogP contribution in [0.25, 0.3) is 22.4 Å². The maximum Gasteiger partial charge on any atom is 0.416 e. The Balaban J connectivity index is 1.80. The zero-order valence-electron chi connectivity index (χ0n) is 16.3. The van der Waals surface area contributed by atoms with E-state index in [1.54, 1.807) is 30.6 Å². The maximum absolute atomic E-state index is 13.3. The van der Waals surface area contributed by atoms with Crippen molar-refractivity contribution in [3.05, 3.63) is 101 Å². The lowest BCUT2D eigenvalue weighted by Crippen LogP contribution is -2.06. The molecule has 0 amide bonds. The van der Waals surface area contributed by atoms with Crippen molar-refractivity contribution in [1.29, 1.82) is 0 Å². The third kappa shape index (κ3) is 4.91. The predicted molar refractivity (Wildman–Crippen MR) is 115 cm³/mol. The highest BCUT2D eigenvalue weighted by Crippen LogP contribution is 2.38. The number of aromatic nitrogens is 3. The topological polar surface area (TPSA) is 38.7 Å². The van der Waals surface area contributed by atoms with Gasteiger partial charge in [0.25, 0.3) is 0 Å². The fourth-order valence-corrected chi connectivity index (χ4v) is 3.61. The van der Waals surface area contributed by atoms with Gasteiger partial charge in [0.15, 0.2) is 0 Å². The van der Waals surface area contributed by atoms with Crippen LogP contribution in [-0.4, -0.2) is 15.0 Å². The van der Waals surface area contributed by atoms with Crippen molar-refractivity contribution < 1.29 is 13.2 Å². The number of alkyl halides is 3. The van der Waals surface area contributed by atoms with Crippen LogP contribution in [-0.2, 0) is 19.0 Å². The fourth-order valence-electron chi connectivity index (χ4n) is 3.32. The van der Waals surface area contributed by atoms with Crippen molar-refractivity contribution in [3.63, 3.8) is 0 Å². The molecule has 0 aliphatic carbocycles. The SMILES string of the molecule is FC(F)(F)c1cccc(-c2c(Cl)nc(CCc3ccccc3)nc2-c2ccncc2)c1. The van der Waals surface area contributed by atoms with Crippen molar-refractivity contribution in [2.24, 2.45) is 0 Å². The Kier molecular flexibility index (Phi) is 6.00. The zero-order chi connectivity index (χ0) is 21.8. The summed E-state index contributed by atoms with van der Waals surface area (Å²) in [6.45, 7) is 0. The van der Waals surface area contributed by atoms with Crippen LogP contribution in [0.5, 0.6) is 0 Å². The molecule has 3 nitrogen and oxygen atoms in total. The Labute approximate surface area is 182 Å². The number of pyridine rings is 1. The van der Waals surface area contributed by atoms with Crippen LogP contribution < -0.4 is 0 Å². The Morgan fingerprint density at radius 3 is 2.23 bits per heavy atom. The first-order chi connectivity index (χ1) is 14.9. The fraction of sp³-hybridized carbons (Fsp3) is 0.125. The molecule has 2 aromatic carbocycles. The molecule has 4 rings (SSSR count). The molecule has 0 unspecified atom stereocenters. The highest BCUT2D eigenvalue weighted by Gasteiger charge is 2.31. The van der Waals surface area contributed by atoms with Gasteiger partial charge in [-0.25, -0.2) is 9.97 Å². The Hall–Kier alpha value is -3.25. The molecule has 0 bridgehead atoms. The van der Waals surface area contributed by atoms with Crippen molar-refractivity contribution in [1.82, 2.24) is 15.0 Å². The molecule has 4 aromatic rings. The van der Waals surface area contributed by atoms with Gasteiger partial charge in [-0.2, -0.15) is 13.2 Å². The Bertz CT molecular complexity index is 1180. The van der Waals surface area contributed by atoms with Crippen LogP contribution in [0.4, 0.5) is 13.2 Å². The first-order valence-electron chi connectivity index (χ1n) is 9.60. The van der Waals surface area contributed by atoms with E-state index in [4.69, 9.17) is 11.6 Å². The number of benzene rings is 2. The average Bonchev–Trinajstić information content (AvgIpc) is 2.78. The summed E-state index contributed by atoms with van der Waals surface area (Å²) in [6.07, 6.45) is 0.00611. The number of hydrogen-bond acceptors (Lipinski definition) is 3. The highest BCUT2D eigenvalue weighted by atomic mass is 35.5. The van der Waals surface area contributed by atoms with E-state index in [0.29, 0.717) is 34.6 Å². The van der Waals surface area contributed by atoms with Gasteiger partial charge in [0.1, 0.15) is 11.0 Å². The number of hydrogen-bond donors (Lipinski definition) is 0. The molecular weight excluding hydrogens is 423 g/mol. The van der Waals surface area contributed by atoms with E-state index < -0.39 is 11.7 Å². The molecule has 0 atom stereocenters. The summed E-state index contributed by atoms with van der Waals surface area (Å²) in [5.41, 5.74) is 2.23. The summed E-state index contributed by atoms with van der Waals surface area (Å²) >= 11 is 6.52. The van der Waals surface area contributed by atoms with Crippen molar-refractivity contribution in [2.75, 3.05) is 0 Å². The molecule has 7 heteroatoms. The lowest BCUT2D eigenvalue weighted by atomic mass is 9.99. The minimum Gasteiger partial charge on any atom is -0.265 e. The van der Waals surface area contributed by atoms with E-state index in [1.807, 2.05) is 30.3 Å². The molecule has 0 radical (unpaired) electrons. The normalized spacial score (nSPS) is 11.5. The van der Waals surface area contributed by atoms with E-state index >= 15 is 0 Å². The molecule has 31 heavy (non-hydrogen) atoms. The quantitative estimate of drug-likeness (QED) is 0.326. The van der Waals surface area contributed by atoms with Gasteiger partial charge in [-0.15, -0.1) is 0 Å². The first kappa shape index (κ1) is 21.0. The summed E-state index contributed by atoms with van der Waals surface area (Å²) in [4.78, 5) is 13.1. The van der Waals surface area contributed by atoms with Crippen LogP contribution in [0.1, 0.15) is 17.0 Å². The maximum atomic E-state index is 13.3. The molecule has 0 aliphatic rings. The van der Waals surface area contributed by atoms with E-state index in [2.05, 4.69) is 15.0 Å². The second kappa shape index (κ2) is 8.86. The van der Waals surface area contributed by atoms with E-state index in [1.165, 1.54) is 6.07 Å². The van der Waals surface area contributed by atoms with Gasteiger partial charge in [-0.05, 0) is 41.8 Å². The summed E-state index contributed by atoms with van der Waals surface area (Å²) in [6, 6.07) is 18.4. The summed E-state index contributed by atoms with van der Waals surface area (Å²) in [5, 5.41) is 0.115. The first-order valence-corrected chi connectivity index (χ1v) is 9.98. The van der Waals surface area contributed by atoms with Crippen molar-refractivity contribution in [2.45, 2.75) is 19.0 Å². The molecule has 0 fully saturated rings. The van der Waals surface area contributed by atoms with Gasteiger partial charge < -0.3 is 0 Å². The minimum atomic E-state index is -4.46. The number of aryl methyl sites for hydroxylation is 2. The molecule has 0 spiro atoms. The van der Waals surface area contributed by atoms with Gasteiger partial charge in [-0.3, -0.25) is 4.98 Å². The molecule has 0 aliphatic heterocycles. The average molecular weight is 440 g/mol. The predicted octanol–water partition coefficient (Wildman–Crippen LogP) is 6.66. The lowest BCUT2D eigenvalue weighted by molar-refractivity contribution is -0.137. The van der Waals surface area contributed by atoms with Crippen LogP contribution >= 0.6 is 11.6 Å².